The maximum atomic E-state index is 12.4. The van der Waals surface area contributed by atoms with Crippen LogP contribution in [0.3, 0.4) is 0 Å². The van der Waals surface area contributed by atoms with Gasteiger partial charge in [-0.3, -0.25) is 0 Å². The predicted molar refractivity (Wildman–Crippen MR) is 41.7 cm³/mol. The Balaban J connectivity index is 2.21. The van der Waals surface area contributed by atoms with Gasteiger partial charge in [0.15, 0.2) is 0 Å². The molecule has 1 fully saturated rings. The van der Waals surface area contributed by atoms with E-state index in [1.54, 1.807) is 0 Å². The average molecular weight is 151 g/mol. The van der Waals surface area contributed by atoms with Crippen LogP contribution >= 0.6 is 0 Å². The fourth-order valence-corrected chi connectivity index (χ4v) is 1.28. The van der Waals surface area contributed by atoms with Gasteiger partial charge in [0.2, 0.25) is 0 Å². The first-order valence-corrected chi connectivity index (χ1v) is 3.79. The van der Waals surface area contributed by atoms with E-state index >= 15 is 0 Å². The lowest BCUT2D eigenvalue weighted by Crippen LogP contribution is -1.83. The number of benzene rings is 1. The lowest BCUT2D eigenvalue weighted by Gasteiger charge is -1.94. The van der Waals surface area contributed by atoms with E-state index in [-0.39, 0.29) is 5.82 Å². The number of nitrogens with one attached hydrogen (secondary N) is 1. The highest BCUT2D eigenvalue weighted by molar-refractivity contribution is 5.25. The fraction of sp³-hybridized carbons (Fsp3) is 0.333. The normalized spacial score (nSPS) is 28.5. The van der Waals surface area contributed by atoms with Crippen molar-refractivity contribution in [1.82, 2.24) is 5.32 Å². The molecule has 1 N–H and O–H groups in total. The third kappa shape index (κ3) is 1.26. The first-order valence-electron chi connectivity index (χ1n) is 3.79. The Morgan fingerprint density at radius 3 is 2.27 bits per heavy atom. The first-order chi connectivity index (χ1) is 5.27. The maximum absolute atomic E-state index is 12.4. The van der Waals surface area contributed by atoms with Gasteiger partial charge in [0.1, 0.15) is 5.82 Å². The summed E-state index contributed by atoms with van der Waals surface area (Å²) in [6.07, 6.45) is 0. The molecule has 1 saturated heterocycles. The van der Waals surface area contributed by atoms with Crippen molar-refractivity contribution >= 4 is 0 Å². The minimum atomic E-state index is -0.165. The molecule has 0 bridgehead atoms. The molecule has 0 saturated carbocycles. The van der Waals surface area contributed by atoms with Crippen LogP contribution in [0.15, 0.2) is 24.3 Å². The molecule has 1 heterocycles. The van der Waals surface area contributed by atoms with E-state index in [0.717, 1.165) is 0 Å². The van der Waals surface area contributed by atoms with Crippen molar-refractivity contribution in [1.29, 1.82) is 0 Å². The summed E-state index contributed by atoms with van der Waals surface area (Å²) >= 11 is 0. The molecule has 11 heavy (non-hydrogen) atoms. The van der Waals surface area contributed by atoms with Crippen molar-refractivity contribution in [3.8, 4) is 0 Å². The van der Waals surface area contributed by atoms with Crippen LogP contribution in [-0.2, 0) is 0 Å². The van der Waals surface area contributed by atoms with Gasteiger partial charge in [-0.1, -0.05) is 12.1 Å². The second-order valence-corrected chi connectivity index (χ2v) is 2.98. The van der Waals surface area contributed by atoms with Gasteiger partial charge in [-0.2, -0.15) is 0 Å². The molecule has 2 unspecified atom stereocenters. The third-order valence-electron chi connectivity index (χ3n) is 2.06. The molecule has 0 aromatic heterocycles. The molecule has 1 aromatic carbocycles. The van der Waals surface area contributed by atoms with E-state index in [2.05, 4.69) is 12.2 Å². The lowest BCUT2D eigenvalue weighted by atomic mass is 10.1. The molecule has 1 aliphatic rings. The van der Waals surface area contributed by atoms with E-state index in [0.29, 0.717) is 12.1 Å². The summed E-state index contributed by atoms with van der Waals surface area (Å²) in [6.45, 7) is 2.12. The minimum absolute atomic E-state index is 0.165. The molecular formula is C9H10FN. The molecule has 2 atom stereocenters. The van der Waals surface area contributed by atoms with Gasteiger partial charge in [0.25, 0.3) is 0 Å². The Hall–Kier alpha value is -0.890. The molecule has 0 radical (unpaired) electrons. The number of halogens is 1. The highest BCUT2D eigenvalue weighted by Gasteiger charge is 2.32. The van der Waals surface area contributed by atoms with Gasteiger partial charge in [-0.05, 0) is 24.6 Å². The zero-order valence-electron chi connectivity index (χ0n) is 6.34. The number of hydrogen-bond donors (Lipinski definition) is 1. The fourth-order valence-electron chi connectivity index (χ4n) is 1.28. The first kappa shape index (κ1) is 6.80. The Labute approximate surface area is 65.2 Å². The maximum Gasteiger partial charge on any atom is 0.123 e. The summed E-state index contributed by atoms with van der Waals surface area (Å²) in [6, 6.07) is 7.67. The summed E-state index contributed by atoms with van der Waals surface area (Å²) in [7, 11) is 0. The molecule has 0 aliphatic carbocycles. The van der Waals surface area contributed by atoms with Crippen molar-refractivity contribution in [3.63, 3.8) is 0 Å². The molecule has 0 spiro atoms. The van der Waals surface area contributed by atoms with Gasteiger partial charge in [-0.25, -0.2) is 4.39 Å². The number of hydrogen-bond acceptors (Lipinski definition) is 1. The zero-order valence-corrected chi connectivity index (χ0v) is 6.34. The average Bonchev–Trinajstić information content (AvgIpc) is 2.69. The summed E-state index contributed by atoms with van der Waals surface area (Å²) in [5.74, 6) is -0.165. The monoisotopic (exact) mass is 151 g/mol. The van der Waals surface area contributed by atoms with Crippen LogP contribution in [0.25, 0.3) is 0 Å². The standard InChI is InChI=1S/C9H10FN/c1-6-9(11-6)7-2-4-8(10)5-3-7/h2-6,9,11H,1H3. The Bertz CT molecular complexity index is 255. The Kier molecular flexibility index (Phi) is 1.43. The number of rotatable bonds is 1. The Morgan fingerprint density at radius 1 is 1.27 bits per heavy atom. The van der Waals surface area contributed by atoms with Gasteiger partial charge in [-0.15, -0.1) is 0 Å². The summed E-state index contributed by atoms with van der Waals surface area (Å²) in [5, 5.41) is 3.24. The summed E-state index contributed by atoms with van der Waals surface area (Å²) in [5.41, 5.74) is 1.18. The zero-order chi connectivity index (χ0) is 7.84. The predicted octanol–water partition coefficient (Wildman–Crippen LogP) is 1.86. The van der Waals surface area contributed by atoms with Gasteiger partial charge < -0.3 is 5.32 Å². The second-order valence-electron chi connectivity index (χ2n) is 2.98. The molecule has 2 rings (SSSR count). The van der Waals surface area contributed by atoms with Crippen LogP contribution in [0.5, 0.6) is 0 Å². The second kappa shape index (κ2) is 2.31. The van der Waals surface area contributed by atoms with Crippen LogP contribution in [0.4, 0.5) is 4.39 Å². The van der Waals surface area contributed by atoms with E-state index in [4.69, 9.17) is 0 Å². The molecular weight excluding hydrogens is 141 g/mol. The highest BCUT2D eigenvalue weighted by Crippen LogP contribution is 2.28. The smallest absolute Gasteiger partial charge is 0.123 e. The molecule has 58 valence electrons. The van der Waals surface area contributed by atoms with E-state index in [1.165, 1.54) is 17.7 Å². The third-order valence-corrected chi connectivity index (χ3v) is 2.06. The Morgan fingerprint density at radius 2 is 1.82 bits per heavy atom. The van der Waals surface area contributed by atoms with Gasteiger partial charge in [0, 0.05) is 12.1 Å². The minimum Gasteiger partial charge on any atom is -0.304 e. The van der Waals surface area contributed by atoms with Crippen LogP contribution in [0.1, 0.15) is 18.5 Å². The van der Waals surface area contributed by atoms with Crippen molar-refractivity contribution in [2.45, 2.75) is 19.0 Å². The molecule has 0 amide bonds. The quantitative estimate of drug-likeness (QED) is 0.608. The topological polar surface area (TPSA) is 21.9 Å². The van der Waals surface area contributed by atoms with Crippen LogP contribution in [0, 0.1) is 5.82 Å². The van der Waals surface area contributed by atoms with Crippen LogP contribution in [-0.4, -0.2) is 6.04 Å². The summed E-state index contributed by atoms with van der Waals surface area (Å²) < 4.78 is 12.4. The van der Waals surface area contributed by atoms with Crippen molar-refractivity contribution < 1.29 is 4.39 Å². The van der Waals surface area contributed by atoms with E-state index in [1.807, 2.05) is 12.1 Å². The van der Waals surface area contributed by atoms with Crippen LogP contribution in [0.2, 0.25) is 0 Å². The summed E-state index contributed by atoms with van der Waals surface area (Å²) in [4.78, 5) is 0. The van der Waals surface area contributed by atoms with Gasteiger partial charge >= 0.3 is 0 Å². The SMILES string of the molecule is CC1NC1c1ccc(F)cc1. The molecule has 1 aromatic rings. The largest absolute Gasteiger partial charge is 0.304 e. The van der Waals surface area contributed by atoms with Crippen molar-refractivity contribution in [2.75, 3.05) is 0 Å². The van der Waals surface area contributed by atoms with Crippen LogP contribution < -0.4 is 5.32 Å². The van der Waals surface area contributed by atoms with E-state index < -0.39 is 0 Å². The molecule has 2 heteroatoms. The van der Waals surface area contributed by atoms with Crippen molar-refractivity contribution in [2.24, 2.45) is 0 Å². The highest BCUT2D eigenvalue weighted by atomic mass is 19.1. The molecule has 1 nitrogen and oxygen atoms in total. The van der Waals surface area contributed by atoms with E-state index in [9.17, 15) is 4.39 Å². The lowest BCUT2D eigenvalue weighted by molar-refractivity contribution is 0.627. The molecule has 1 aliphatic heterocycles. The van der Waals surface area contributed by atoms with Crippen molar-refractivity contribution in [3.05, 3.63) is 35.6 Å². The van der Waals surface area contributed by atoms with Gasteiger partial charge in [0.05, 0.1) is 0 Å².